The number of unbranched alkanes of at least 4 members (excludes halogenated alkanes) is 6. The van der Waals surface area contributed by atoms with Gasteiger partial charge >= 0.3 is 9.05 Å². The summed E-state index contributed by atoms with van der Waals surface area (Å²) < 4.78 is 24.4. The average molecular weight is 377 g/mol. The van der Waals surface area contributed by atoms with Crippen molar-refractivity contribution in [3.05, 3.63) is 0 Å². The first-order valence-corrected chi connectivity index (χ1v) is 12.3. The van der Waals surface area contributed by atoms with E-state index in [9.17, 15) is 0 Å². The Labute approximate surface area is 158 Å². The summed E-state index contributed by atoms with van der Waals surface area (Å²) >= 11 is 0. The quantitative estimate of drug-likeness (QED) is 0.209. The molecule has 0 unspecified atom stereocenters. The van der Waals surface area contributed by atoms with E-state index in [4.69, 9.17) is 17.7 Å². The summed E-state index contributed by atoms with van der Waals surface area (Å²) in [4.78, 5) is 0. The Morgan fingerprint density at radius 1 is 0.600 bits per heavy atom. The van der Waals surface area contributed by atoms with Gasteiger partial charge in [0.25, 0.3) is 0 Å². The van der Waals surface area contributed by atoms with Gasteiger partial charge in [0.2, 0.25) is 0 Å². The molecule has 0 bridgehead atoms. The Hall–Kier alpha value is 0.0569. The highest BCUT2D eigenvalue weighted by atomic mass is 28.4. The third-order valence-electron chi connectivity index (χ3n) is 4.45. The first kappa shape index (κ1) is 25.1. The van der Waals surface area contributed by atoms with Gasteiger partial charge in [-0.2, -0.15) is 0 Å². The van der Waals surface area contributed by atoms with Gasteiger partial charge in [-0.25, -0.2) is 0 Å². The zero-order valence-corrected chi connectivity index (χ0v) is 18.8. The smallest absolute Gasteiger partial charge is 0.351 e. The van der Waals surface area contributed by atoms with Gasteiger partial charge in [-0.15, -0.1) is 0 Å². The van der Waals surface area contributed by atoms with Crippen LogP contribution in [0.5, 0.6) is 0 Å². The summed E-state index contributed by atoms with van der Waals surface area (Å²) in [5.74, 6) is 0. The van der Waals surface area contributed by atoms with Crippen LogP contribution in [-0.2, 0) is 17.7 Å². The van der Waals surface area contributed by atoms with Crippen LogP contribution in [0.1, 0.15) is 106 Å². The summed E-state index contributed by atoms with van der Waals surface area (Å²) in [6.07, 6.45) is 12.1. The summed E-state index contributed by atoms with van der Waals surface area (Å²) in [6.45, 7) is 14.3. The maximum absolute atomic E-state index is 6.58. The number of hydrogen-bond donors (Lipinski definition) is 0. The molecule has 25 heavy (non-hydrogen) atoms. The van der Waals surface area contributed by atoms with Crippen molar-refractivity contribution in [2.24, 2.45) is 0 Å². The lowest BCUT2D eigenvalue weighted by Gasteiger charge is -2.38. The molecule has 0 N–H and O–H groups in total. The molecule has 0 saturated carbocycles. The molecule has 0 aliphatic rings. The zero-order valence-electron chi connectivity index (χ0n) is 17.8. The second-order valence-corrected chi connectivity index (χ2v) is 9.04. The minimum absolute atomic E-state index is 0.229. The molecule has 0 aromatic rings. The molecule has 0 amide bonds. The van der Waals surface area contributed by atoms with E-state index in [0.29, 0.717) is 19.8 Å². The van der Waals surface area contributed by atoms with Crippen LogP contribution in [-0.4, -0.2) is 34.5 Å². The van der Waals surface area contributed by atoms with Crippen molar-refractivity contribution in [2.45, 2.75) is 111 Å². The van der Waals surface area contributed by atoms with Crippen LogP contribution in [0.2, 0.25) is 0 Å². The minimum atomic E-state index is -3.07. The average Bonchev–Trinajstić information content (AvgIpc) is 2.56. The summed E-state index contributed by atoms with van der Waals surface area (Å²) in [6, 6.07) is 0. The molecule has 0 aliphatic carbocycles. The van der Waals surface area contributed by atoms with Crippen molar-refractivity contribution in [1.82, 2.24) is 0 Å². The molecule has 0 aliphatic heterocycles. The van der Waals surface area contributed by atoms with E-state index in [1.807, 2.05) is 20.8 Å². The van der Waals surface area contributed by atoms with E-state index < -0.39 is 9.05 Å². The lowest BCUT2D eigenvalue weighted by molar-refractivity contribution is -0.0909. The zero-order chi connectivity index (χ0) is 19.0. The van der Waals surface area contributed by atoms with E-state index in [2.05, 4.69) is 20.8 Å². The van der Waals surface area contributed by atoms with Crippen LogP contribution in [0.3, 0.4) is 0 Å². The number of rotatable bonds is 18. The van der Waals surface area contributed by atoms with Gasteiger partial charge < -0.3 is 17.7 Å². The Bertz CT molecular complexity index is 270. The fourth-order valence-corrected chi connectivity index (χ4v) is 5.42. The highest BCUT2D eigenvalue weighted by Crippen LogP contribution is 2.31. The van der Waals surface area contributed by atoms with Crippen LogP contribution in [0, 0.1) is 0 Å². The van der Waals surface area contributed by atoms with Crippen LogP contribution in [0.25, 0.3) is 0 Å². The third kappa shape index (κ3) is 11.4. The SMILES string of the molecule is CCCCCCC(C)(CCCCCC)O[Si](OCC)(OCC)OCC. The van der Waals surface area contributed by atoms with Crippen LogP contribution in [0.15, 0.2) is 0 Å². The third-order valence-corrected chi connectivity index (χ3v) is 7.12. The monoisotopic (exact) mass is 376 g/mol. The van der Waals surface area contributed by atoms with Crippen molar-refractivity contribution in [3.8, 4) is 0 Å². The Morgan fingerprint density at radius 3 is 1.32 bits per heavy atom. The maximum atomic E-state index is 6.58. The number of hydrogen-bond acceptors (Lipinski definition) is 4. The summed E-state index contributed by atoms with van der Waals surface area (Å²) in [7, 11) is -3.07. The molecule has 0 aromatic heterocycles. The van der Waals surface area contributed by atoms with E-state index in [1.54, 1.807) is 0 Å². The van der Waals surface area contributed by atoms with Gasteiger partial charge in [0.1, 0.15) is 0 Å². The Morgan fingerprint density at radius 2 is 1.00 bits per heavy atom. The van der Waals surface area contributed by atoms with Crippen LogP contribution < -0.4 is 0 Å². The van der Waals surface area contributed by atoms with Crippen molar-refractivity contribution < 1.29 is 17.7 Å². The maximum Gasteiger partial charge on any atom is 0.680 e. The van der Waals surface area contributed by atoms with E-state index >= 15 is 0 Å². The molecule has 0 heterocycles. The van der Waals surface area contributed by atoms with Gasteiger partial charge in [-0.05, 0) is 40.5 Å². The van der Waals surface area contributed by atoms with Crippen LogP contribution >= 0.6 is 0 Å². The second-order valence-electron chi connectivity index (χ2n) is 6.97. The summed E-state index contributed by atoms with van der Waals surface area (Å²) in [5, 5.41) is 0. The van der Waals surface area contributed by atoms with Gasteiger partial charge in [0.05, 0.1) is 5.60 Å². The highest BCUT2D eigenvalue weighted by molar-refractivity contribution is 6.53. The standard InChI is InChI=1S/C20H44O4Si/c1-7-12-14-16-18-20(6,19-17-15-13-8-2)24-25(21-9-3,22-10-4)23-11-5/h7-19H2,1-6H3. The lowest BCUT2D eigenvalue weighted by Crippen LogP contribution is -2.55. The van der Waals surface area contributed by atoms with Crippen molar-refractivity contribution in [3.63, 3.8) is 0 Å². The topological polar surface area (TPSA) is 36.9 Å². The van der Waals surface area contributed by atoms with E-state index in [1.165, 1.54) is 51.4 Å². The summed E-state index contributed by atoms with van der Waals surface area (Å²) in [5.41, 5.74) is -0.229. The molecular formula is C20H44O4Si. The van der Waals surface area contributed by atoms with Crippen molar-refractivity contribution in [2.75, 3.05) is 19.8 Å². The molecule has 0 rings (SSSR count). The first-order chi connectivity index (χ1) is 12.0. The lowest BCUT2D eigenvalue weighted by atomic mass is 9.92. The fraction of sp³-hybridized carbons (Fsp3) is 1.00. The predicted octanol–water partition coefficient (Wildman–Crippen LogP) is 6.25. The largest absolute Gasteiger partial charge is 0.680 e. The molecule has 0 radical (unpaired) electrons. The fourth-order valence-electron chi connectivity index (χ4n) is 3.12. The first-order valence-electron chi connectivity index (χ1n) is 10.6. The molecule has 0 spiro atoms. The Kier molecular flexibility index (Phi) is 15.2. The minimum Gasteiger partial charge on any atom is -0.351 e. The molecule has 0 saturated heterocycles. The van der Waals surface area contributed by atoms with Gasteiger partial charge in [0.15, 0.2) is 0 Å². The van der Waals surface area contributed by atoms with Crippen molar-refractivity contribution in [1.29, 1.82) is 0 Å². The Balaban J connectivity index is 5.01. The molecule has 0 atom stereocenters. The highest BCUT2D eigenvalue weighted by Gasteiger charge is 2.50. The molecule has 5 heteroatoms. The molecule has 0 fully saturated rings. The molecular weight excluding hydrogens is 332 g/mol. The normalized spacial score (nSPS) is 12.7. The molecule has 152 valence electrons. The molecule has 4 nitrogen and oxygen atoms in total. The van der Waals surface area contributed by atoms with E-state index in [-0.39, 0.29) is 5.60 Å². The predicted molar refractivity (Wildman–Crippen MR) is 108 cm³/mol. The van der Waals surface area contributed by atoms with Gasteiger partial charge in [0, 0.05) is 19.8 Å². The second kappa shape index (κ2) is 15.1. The van der Waals surface area contributed by atoms with Gasteiger partial charge in [-0.3, -0.25) is 0 Å². The van der Waals surface area contributed by atoms with Crippen molar-refractivity contribution >= 4 is 9.05 Å². The van der Waals surface area contributed by atoms with Crippen LogP contribution in [0.4, 0.5) is 0 Å². The molecule has 0 aromatic carbocycles. The van der Waals surface area contributed by atoms with Gasteiger partial charge in [-0.1, -0.05) is 65.2 Å². The van der Waals surface area contributed by atoms with E-state index in [0.717, 1.165) is 12.8 Å².